The van der Waals surface area contributed by atoms with Crippen LogP contribution in [0.2, 0.25) is 0 Å². The van der Waals surface area contributed by atoms with E-state index in [9.17, 15) is 13.2 Å². The molecule has 0 fully saturated rings. The van der Waals surface area contributed by atoms with E-state index in [1.165, 1.54) is 38.6 Å². The number of carbonyl (C=O) groups is 1. The zero-order valence-electron chi connectivity index (χ0n) is 19.0. The highest BCUT2D eigenvalue weighted by molar-refractivity contribution is 7.92. The van der Waals surface area contributed by atoms with Crippen molar-refractivity contribution in [2.45, 2.75) is 4.90 Å². The van der Waals surface area contributed by atoms with Crippen LogP contribution in [0.1, 0.15) is 5.56 Å². The second kappa shape index (κ2) is 11.2. The first-order valence-electron chi connectivity index (χ1n) is 10.1. The van der Waals surface area contributed by atoms with E-state index < -0.39 is 22.5 Å². The molecule has 34 heavy (non-hydrogen) atoms. The van der Waals surface area contributed by atoms with Crippen LogP contribution in [0.4, 0.5) is 5.69 Å². The van der Waals surface area contributed by atoms with E-state index >= 15 is 0 Å². The summed E-state index contributed by atoms with van der Waals surface area (Å²) >= 11 is 0. The van der Waals surface area contributed by atoms with Crippen molar-refractivity contribution in [3.63, 3.8) is 0 Å². The maximum absolute atomic E-state index is 13.5. The van der Waals surface area contributed by atoms with Crippen molar-refractivity contribution < 1.29 is 27.4 Å². The zero-order chi connectivity index (χ0) is 24.6. The number of hydrogen-bond donors (Lipinski definition) is 1. The molecule has 0 saturated heterocycles. The Hall–Kier alpha value is -4.05. The van der Waals surface area contributed by atoms with E-state index in [2.05, 4.69) is 10.5 Å². The second-order valence-electron chi connectivity index (χ2n) is 6.93. The Labute approximate surface area is 198 Å². The highest BCUT2D eigenvalue weighted by Gasteiger charge is 2.28. The lowest BCUT2D eigenvalue weighted by molar-refractivity contribution is -0.119. The van der Waals surface area contributed by atoms with Gasteiger partial charge in [-0.3, -0.25) is 9.10 Å². The summed E-state index contributed by atoms with van der Waals surface area (Å²) in [5.74, 6) is 0.723. The van der Waals surface area contributed by atoms with Crippen molar-refractivity contribution in [3.8, 4) is 17.2 Å². The number of para-hydroxylation sites is 1. The Balaban J connectivity index is 1.83. The molecule has 0 aliphatic rings. The third-order valence-electron chi connectivity index (χ3n) is 4.79. The molecule has 3 aromatic rings. The van der Waals surface area contributed by atoms with E-state index in [-0.39, 0.29) is 10.6 Å². The van der Waals surface area contributed by atoms with Gasteiger partial charge in [0.1, 0.15) is 12.3 Å². The number of hydrogen-bond acceptors (Lipinski definition) is 7. The van der Waals surface area contributed by atoms with Crippen molar-refractivity contribution in [2.75, 3.05) is 32.2 Å². The van der Waals surface area contributed by atoms with Crippen LogP contribution in [-0.2, 0) is 14.8 Å². The topological polar surface area (TPSA) is 107 Å². The number of rotatable bonds is 10. The summed E-state index contributed by atoms with van der Waals surface area (Å²) in [4.78, 5) is 12.6. The first-order chi connectivity index (χ1) is 16.4. The predicted molar refractivity (Wildman–Crippen MR) is 129 cm³/mol. The van der Waals surface area contributed by atoms with Gasteiger partial charge in [0.15, 0.2) is 11.5 Å². The second-order valence-corrected chi connectivity index (χ2v) is 8.79. The van der Waals surface area contributed by atoms with Gasteiger partial charge in [-0.1, -0.05) is 18.2 Å². The van der Waals surface area contributed by atoms with Crippen LogP contribution in [0.25, 0.3) is 0 Å². The molecule has 10 heteroatoms. The van der Waals surface area contributed by atoms with Crippen molar-refractivity contribution in [3.05, 3.63) is 78.4 Å². The van der Waals surface area contributed by atoms with Gasteiger partial charge in [0, 0.05) is 6.07 Å². The van der Waals surface area contributed by atoms with Gasteiger partial charge in [-0.25, -0.2) is 13.8 Å². The highest BCUT2D eigenvalue weighted by Crippen LogP contribution is 2.32. The number of ether oxygens (including phenoxy) is 3. The molecule has 0 atom stereocenters. The summed E-state index contributed by atoms with van der Waals surface area (Å²) < 4.78 is 43.5. The predicted octanol–water partition coefficient (Wildman–Crippen LogP) is 3.06. The number of nitrogens with zero attached hydrogens (tertiary/aromatic N) is 2. The normalized spacial score (nSPS) is 11.1. The molecule has 0 bridgehead atoms. The largest absolute Gasteiger partial charge is 0.497 e. The lowest BCUT2D eigenvalue weighted by Gasteiger charge is -2.24. The van der Waals surface area contributed by atoms with Crippen LogP contribution >= 0.6 is 0 Å². The molecule has 0 aromatic heterocycles. The van der Waals surface area contributed by atoms with Gasteiger partial charge in [0.2, 0.25) is 0 Å². The van der Waals surface area contributed by atoms with Crippen molar-refractivity contribution in [1.29, 1.82) is 0 Å². The number of benzene rings is 3. The fourth-order valence-corrected chi connectivity index (χ4v) is 4.49. The van der Waals surface area contributed by atoms with Crippen LogP contribution in [0, 0.1) is 0 Å². The summed E-state index contributed by atoms with van der Waals surface area (Å²) in [6, 6.07) is 19.6. The molecule has 0 aliphatic carbocycles. The maximum Gasteiger partial charge on any atom is 0.264 e. The molecule has 3 rings (SSSR count). The monoisotopic (exact) mass is 483 g/mol. The molecule has 3 aromatic carbocycles. The van der Waals surface area contributed by atoms with Crippen LogP contribution in [0.5, 0.6) is 17.2 Å². The Morgan fingerprint density at radius 2 is 1.59 bits per heavy atom. The Morgan fingerprint density at radius 3 is 2.21 bits per heavy atom. The average molecular weight is 484 g/mol. The van der Waals surface area contributed by atoms with Gasteiger partial charge >= 0.3 is 0 Å². The van der Waals surface area contributed by atoms with E-state index in [1.54, 1.807) is 61.7 Å². The average Bonchev–Trinajstić information content (AvgIpc) is 2.87. The molecular weight excluding hydrogens is 458 g/mol. The Bertz CT molecular complexity index is 1250. The van der Waals surface area contributed by atoms with Gasteiger partial charge in [0.05, 0.1) is 38.1 Å². The van der Waals surface area contributed by atoms with Crippen molar-refractivity contribution in [1.82, 2.24) is 5.43 Å². The van der Waals surface area contributed by atoms with E-state index in [0.717, 1.165) is 9.87 Å². The molecule has 178 valence electrons. The number of nitrogens with one attached hydrogen (secondary N) is 1. The molecule has 0 aliphatic heterocycles. The van der Waals surface area contributed by atoms with Crippen LogP contribution < -0.4 is 23.9 Å². The number of methoxy groups -OCH3 is 3. The third-order valence-corrected chi connectivity index (χ3v) is 6.56. The summed E-state index contributed by atoms with van der Waals surface area (Å²) in [6.07, 6.45) is 1.45. The summed E-state index contributed by atoms with van der Waals surface area (Å²) in [6.45, 7) is -0.485. The maximum atomic E-state index is 13.5. The van der Waals surface area contributed by atoms with Crippen LogP contribution in [0.15, 0.2) is 82.8 Å². The third kappa shape index (κ3) is 5.84. The first-order valence-corrected chi connectivity index (χ1v) is 11.6. The van der Waals surface area contributed by atoms with E-state index in [0.29, 0.717) is 17.2 Å². The number of sulfonamides is 1. The minimum atomic E-state index is -4.12. The molecule has 0 unspecified atom stereocenters. The van der Waals surface area contributed by atoms with Gasteiger partial charge in [-0.05, 0) is 54.1 Å². The lowest BCUT2D eigenvalue weighted by atomic mass is 10.2. The fraction of sp³-hybridized carbons (Fsp3) is 0.167. The van der Waals surface area contributed by atoms with Crippen LogP contribution in [0.3, 0.4) is 0 Å². The number of anilines is 1. The Morgan fingerprint density at radius 1 is 0.912 bits per heavy atom. The van der Waals surface area contributed by atoms with Gasteiger partial charge in [-0.15, -0.1) is 0 Å². The smallest absolute Gasteiger partial charge is 0.264 e. The van der Waals surface area contributed by atoms with E-state index in [1.807, 2.05) is 0 Å². The SMILES string of the molecule is COc1ccc(/C=N\NC(=O)CN(c2ccccc2)S(=O)(=O)c2ccc(OC)c(OC)c2)cc1. The van der Waals surface area contributed by atoms with Crippen LogP contribution in [-0.4, -0.2) is 48.4 Å². The fourth-order valence-electron chi connectivity index (χ4n) is 3.05. The minimum Gasteiger partial charge on any atom is -0.497 e. The first kappa shape index (κ1) is 24.6. The molecule has 9 nitrogen and oxygen atoms in total. The summed E-state index contributed by atoms with van der Waals surface area (Å²) in [5, 5.41) is 3.93. The molecule has 0 radical (unpaired) electrons. The molecule has 0 spiro atoms. The zero-order valence-corrected chi connectivity index (χ0v) is 19.8. The van der Waals surface area contributed by atoms with Gasteiger partial charge in [-0.2, -0.15) is 5.10 Å². The summed E-state index contributed by atoms with van der Waals surface area (Å²) in [5.41, 5.74) is 3.43. The lowest BCUT2D eigenvalue weighted by Crippen LogP contribution is -2.39. The van der Waals surface area contributed by atoms with E-state index in [4.69, 9.17) is 14.2 Å². The summed E-state index contributed by atoms with van der Waals surface area (Å²) in [7, 11) is 0.318. The highest BCUT2D eigenvalue weighted by atomic mass is 32.2. The number of hydrazone groups is 1. The molecule has 0 saturated carbocycles. The number of amides is 1. The van der Waals surface area contributed by atoms with Gasteiger partial charge in [0.25, 0.3) is 15.9 Å². The van der Waals surface area contributed by atoms with Crippen molar-refractivity contribution in [2.24, 2.45) is 5.10 Å². The van der Waals surface area contributed by atoms with Gasteiger partial charge < -0.3 is 14.2 Å². The molecule has 1 N–H and O–H groups in total. The Kier molecular flexibility index (Phi) is 8.10. The molecular formula is C24H25N3O6S. The molecule has 0 heterocycles. The minimum absolute atomic E-state index is 0.0523. The van der Waals surface area contributed by atoms with Crippen molar-refractivity contribution >= 4 is 27.8 Å². The standard InChI is InChI=1S/C24H25N3O6S/c1-31-20-11-9-18(10-12-20)16-25-26-24(28)17-27(19-7-5-4-6-8-19)34(29,30)21-13-14-22(32-2)23(15-21)33-3/h4-16H,17H2,1-3H3,(H,26,28)/b25-16-. The quantitative estimate of drug-likeness (QED) is 0.351. The molecule has 1 amide bonds. The number of carbonyl (C=O) groups excluding carboxylic acids is 1.